The molecule has 2 aliphatic heterocycles. The van der Waals surface area contributed by atoms with Crippen molar-refractivity contribution in [1.82, 2.24) is 15.1 Å². The lowest BCUT2D eigenvalue weighted by molar-refractivity contribution is 0.0384. The van der Waals surface area contributed by atoms with Crippen molar-refractivity contribution >= 4 is 0 Å². The third-order valence-corrected chi connectivity index (χ3v) is 4.76. The van der Waals surface area contributed by atoms with E-state index in [1.165, 1.54) is 51.7 Å². The molecule has 2 rings (SSSR count). The summed E-state index contributed by atoms with van der Waals surface area (Å²) in [6.45, 7) is 6.14. The predicted molar refractivity (Wildman–Crippen MR) is 73.4 cm³/mol. The Hall–Kier alpha value is -0.120. The second kappa shape index (κ2) is 6.17. The summed E-state index contributed by atoms with van der Waals surface area (Å²) in [5.41, 5.74) is 0. The first-order chi connectivity index (χ1) is 8.22. The summed E-state index contributed by atoms with van der Waals surface area (Å²) in [4.78, 5) is 5.32. The van der Waals surface area contributed by atoms with Crippen molar-refractivity contribution in [3.8, 4) is 0 Å². The average molecular weight is 239 g/mol. The molecule has 0 aromatic carbocycles. The van der Waals surface area contributed by atoms with E-state index in [4.69, 9.17) is 0 Å². The van der Waals surface area contributed by atoms with Gasteiger partial charge in [-0.1, -0.05) is 6.42 Å². The molecular weight excluding hydrogens is 210 g/mol. The van der Waals surface area contributed by atoms with Gasteiger partial charge >= 0.3 is 0 Å². The first-order valence-electron chi connectivity index (χ1n) is 7.33. The standard InChI is InChI=1S/C14H29N3/c1-12-10-13(7-9-16(12)3)17-8-5-4-6-14(17)11-15-2/h12-15H,4-11H2,1-3H3. The van der Waals surface area contributed by atoms with Crippen molar-refractivity contribution in [2.75, 3.05) is 33.7 Å². The molecule has 0 bridgehead atoms. The van der Waals surface area contributed by atoms with Crippen molar-refractivity contribution in [3.05, 3.63) is 0 Å². The van der Waals surface area contributed by atoms with Crippen LogP contribution in [0.2, 0.25) is 0 Å². The number of likely N-dealkylation sites (N-methyl/N-ethyl adjacent to an activating group) is 1. The smallest absolute Gasteiger partial charge is 0.0223 e. The Morgan fingerprint density at radius 3 is 2.71 bits per heavy atom. The molecule has 1 N–H and O–H groups in total. The summed E-state index contributed by atoms with van der Waals surface area (Å²) in [6.07, 6.45) is 6.94. The van der Waals surface area contributed by atoms with Crippen molar-refractivity contribution < 1.29 is 0 Å². The van der Waals surface area contributed by atoms with E-state index >= 15 is 0 Å². The highest BCUT2D eigenvalue weighted by Gasteiger charge is 2.32. The quantitative estimate of drug-likeness (QED) is 0.806. The van der Waals surface area contributed by atoms with E-state index in [2.05, 4.69) is 36.1 Å². The van der Waals surface area contributed by atoms with Gasteiger partial charge in [-0.2, -0.15) is 0 Å². The predicted octanol–water partition coefficient (Wildman–Crippen LogP) is 1.54. The zero-order valence-electron chi connectivity index (χ0n) is 11.8. The minimum Gasteiger partial charge on any atom is -0.318 e. The van der Waals surface area contributed by atoms with E-state index in [-0.39, 0.29) is 0 Å². The molecule has 0 aliphatic carbocycles. The van der Waals surface area contributed by atoms with Gasteiger partial charge in [0.05, 0.1) is 0 Å². The number of nitrogens with one attached hydrogen (secondary N) is 1. The molecule has 0 aromatic rings. The summed E-state index contributed by atoms with van der Waals surface area (Å²) >= 11 is 0. The average Bonchev–Trinajstić information content (AvgIpc) is 2.34. The van der Waals surface area contributed by atoms with Gasteiger partial charge in [-0.3, -0.25) is 4.90 Å². The van der Waals surface area contributed by atoms with Crippen molar-refractivity contribution in [2.45, 2.75) is 57.2 Å². The number of rotatable bonds is 3. The zero-order valence-corrected chi connectivity index (χ0v) is 11.8. The van der Waals surface area contributed by atoms with Crippen LogP contribution in [0.15, 0.2) is 0 Å². The number of hydrogen-bond acceptors (Lipinski definition) is 3. The van der Waals surface area contributed by atoms with E-state index in [9.17, 15) is 0 Å². The zero-order chi connectivity index (χ0) is 12.3. The van der Waals surface area contributed by atoms with Crippen LogP contribution in [0.25, 0.3) is 0 Å². The van der Waals surface area contributed by atoms with Crippen LogP contribution in [0.5, 0.6) is 0 Å². The molecule has 0 radical (unpaired) electrons. The summed E-state index contributed by atoms with van der Waals surface area (Å²) in [6, 6.07) is 2.38. The fourth-order valence-corrected chi connectivity index (χ4v) is 3.52. The van der Waals surface area contributed by atoms with Crippen LogP contribution < -0.4 is 5.32 Å². The Bertz CT molecular complexity index is 230. The SMILES string of the molecule is CNCC1CCCCN1C1CCN(C)C(C)C1. The topological polar surface area (TPSA) is 18.5 Å². The molecule has 0 aromatic heterocycles. The van der Waals surface area contributed by atoms with Gasteiger partial charge < -0.3 is 10.2 Å². The molecule has 0 amide bonds. The third kappa shape index (κ3) is 3.21. The van der Waals surface area contributed by atoms with Crippen LogP contribution in [0.4, 0.5) is 0 Å². The van der Waals surface area contributed by atoms with E-state index in [0.29, 0.717) is 0 Å². The minimum absolute atomic E-state index is 0.755. The van der Waals surface area contributed by atoms with Gasteiger partial charge in [0.2, 0.25) is 0 Å². The molecule has 2 heterocycles. The van der Waals surface area contributed by atoms with Crippen LogP contribution in [0.3, 0.4) is 0 Å². The Morgan fingerprint density at radius 2 is 2.00 bits per heavy atom. The van der Waals surface area contributed by atoms with Crippen LogP contribution in [-0.4, -0.2) is 61.7 Å². The molecule has 100 valence electrons. The Morgan fingerprint density at radius 1 is 1.18 bits per heavy atom. The maximum atomic E-state index is 3.37. The van der Waals surface area contributed by atoms with E-state index in [1.54, 1.807) is 0 Å². The summed E-state index contributed by atoms with van der Waals surface area (Å²) in [7, 11) is 4.35. The first kappa shape index (κ1) is 13.3. The number of nitrogens with zero attached hydrogens (tertiary/aromatic N) is 2. The Kier molecular flexibility index (Phi) is 4.83. The van der Waals surface area contributed by atoms with Gasteiger partial charge in [0.25, 0.3) is 0 Å². The van der Waals surface area contributed by atoms with Gasteiger partial charge in [-0.15, -0.1) is 0 Å². The molecule has 3 atom stereocenters. The van der Waals surface area contributed by atoms with Crippen molar-refractivity contribution in [3.63, 3.8) is 0 Å². The number of likely N-dealkylation sites (tertiary alicyclic amines) is 2. The molecular formula is C14H29N3. The summed E-state index contributed by atoms with van der Waals surface area (Å²) in [5.74, 6) is 0. The summed E-state index contributed by atoms with van der Waals surface area (Å²) < 4.78 is 0. The van der Waals surface area contributed by atoms with Gasteiger partial charge in [-0.25, -0.2) is 0 Å². The lowest BCUT2D eigenvalue weighted by Gasteiger charge is -2.46. The summed E-state index contributed by atoms with van der Waals surface area (Å²) in [5, 5.41) is 3.37. The van der Waals surface area contributed by atoms with Crippen LogP contribution in [0.1, 0.15) is 39.0 Å². The highest BCUT2D eigenvalue weighted by atomic mass is 15.2. The second-order valence-corrected chi connectivity index (χ2v) is 5.95. The normalized spacial score (nSPS) is 37.2. The van der Waals surface area contributed by atoms with Gasteiger partial charge in [0.1, 0.15) is 0 Å². The highest BCUT2D eigenvalue weighted by Crippen LogP contribution is 2.26. The molecule has 2 saturated heterocycles. The number of hydrogen-bond donors (Lipinski definition) is 1. The van der Waals surface area contributed by atoms with E-state index in [0.717, 1.165) is 18.1 Å². The third-order valence-electron chi connectivity index (χ3n) is 4.76. The van der Waals surface area contributed by atoms with Crippen molar-refractivity contribution in [2.24, 2.45) is 0 Å². The molecule has 3 heteroatoms. The molecule has 0 saturated carbocycles. The maximum absolute atomic E-state index is 3.37. The molecule has 17 heavy (non-hydrogen) atoms. The van der Waals surface area contributed by atoms with Gasteiger partial charge in [0, 0.05) is 24.7 Å². The number of piperidine rings is 2. The van der Waals surface area contributed by atoms with E-state index < -0.39 is 0 Å². The monoisotopic (exact) mass is 239 g/mol. The Labute approximate surface area is 107 Å². The molecule has 3 unspecified atom stereocenters. The minimum atomic E-state index is 0.755. The van der Waals surface area contributed by atoms with E-state index in [1.807, 2.05) is 0 Å². The lowest BCUT2D eigenvalue weighted by Crippen LogP contribution is -2.54. The fourth-order valence-electron chi connectivity index (χ4n) is 3.52. The van der Waals surface area contributed by atoms with Crippen molar-refractivity contribution in [1.29, 1.82) is 0 Å². The molecule has 2 fully saturated rings. The largest absolute Gasteiger partial charge is 0.318 e. The molecule has 2 aliphatic rings. The second-order valence-electron chi connectivity index (χ2n) is 5.95. The fraction of sp³-hybridized carbons (Fsp3) is 1.00. The lowest BCUT2D eigenvalue weighted by atomic mass is 9.92. The highest BCUT2D eigenvalue weighted by molar-refractivity contribution is 4.89. The van der Waals surface area contributed by atoms with Crippen LogP contribution >= 0.6 is 0 Å². The first-order valence-corrected chi connectivity index (χ1v) is 7.33. The molecule has 0 spiro atoms. The molecule has 3 nitrogen and oxygen atoms in total. The Balaban J connectivity index is 1.94. The maximum Gasteiger partial charge on any atom is 0.0223 e. The van der Waals surface area contributed by atoms with Gasteiger partial charge in [-0.05, 0) is 59.8 Å². The van der Waals surface area contributed by atoms with Crippen LogP contribution in [-0.2, 0) is 0 Å². The van der Waals surface area contributed by atoms with Crippen LogP contribution in [0, 0.1) is 0 Å². The van der Waals surface area contributed by atoms with Gasteiger partial charge in [0.15, 0.2) is 0 Å².